The molecular formula is C18H18BrClF2N4O3S. The summed E-state index contributed by atoms with van der Waals surface area (Å²) in [7, 11) is -2.63. The first-order chi connectivity index (χ1) is 13.9. The molecule has 2 heterocycles. The number of carbonyl (C=O) groups is 1. The Balaban J connectivity index is 1.67. The van der Waals surface area contributed by atoms with Gasteiger partial charge in [0.15, 0.2) is 0 Å². The van der Waals surface area contributed by atoms with Gasteiger partial charge in [-0.1, -0.05) is 0 Å². The molecule has 3 rings (SSSR count). The highest BCUT2D eigenvalue weighted by Gasteiger charge is 2.30. The van der Waals surface area contributed by atoms with E-state index in [4.69, 9.17) is 16.4 Å². The zero-order valence-corrected chi connectivity index (χ0v) is 18.9. The van der Waals surface area contributed by atoms with Crippen LogP contribution in [0.4, 0.5) is 20.3 Å². The Bertz CT molecular complexity index is 1050. The van der Waals surface area contributed by atoms with E-state index in [0.29, 0.717) is 35.5 Å². The maximum absolute atomic E-state index is 12.6. The van der Waals surface area contributed by atoms with E-state index in [-0.39, 0.29) is 16.6 Å². The van der Waals surface area contributed by atoms with E-state index in [1.807, 2.05) is 4.90 Å². The van der Waals surface area contributed by atoms with E-state index in [9.17, 15) is 17.8 Å². The molecule has 162 valence electrons. The predicted octanol–water partition coefficient (Wildman–Crippen LogP) is 4.52. The van der Waals surface area contributed by atoms with Crippen LogP contribution in [-0.2, 0) is 9.73 Å². The summed E-state index contributed by atoms with van der Waals surface area (Å²) in [5.74, 6) is 0.0312. The summed E-state index contributed by atoms with van der Waals surface area (Å²) in [6, 6.07) is 6.93. The lowest BCUT2D eigenvalue weighted by molar-refractivity contribution is -0.0964. The summed E-state index contributed by atoms with van der Waals surface area (Å²) < 4.78 is 49.8. The molecule has 12 heteroatoms. The Morgan fingerprint density at radius 3 is 2.63 bits per heavy atom. The first kappa shape index (κ1) is 22.7. The lowest BCUT2D eigenvalue weighted by Crippen LogP contribution is -2.26. The number of hydrogen-bond acceptors (Lipinski definition) is 6. The molecule has 0 saturated carbocycles. The third-order valence-corrected chi connectivity index (χ3v) is 6.83. The molecule has 1 saturated heterocycles. The summed E-state index contributed by atoms with van der Waals surface area (Å²) in [5.41, 5.74) is -3.15. The quantitative estimate of drug-likeness (QED) is 0.543. The molecular weight excluding hydrogens is 506 g/mol. The Labute approximate surface area is 185 Å². The first-order valence-corrected chi connectivity index (χ1v) is 11.9. The Kier molecular flexibility index (Phi) is 6.54. The fraction of sp³-hybridized carbons (Fsp3) is 0.333. The number of nitrogens with zero attached hydrogens (tertiary/aromatic N) is 2. The first-order valence-electron chi connectivity index (χ1n) is 8.72. The van der Waals surface area contributed by atoms with Gasteiger partial charge in [0, 0.05) is 52.6 Å². The molecule has 0 spiro atoms. The number of hydrogen-bond donors (Lipinski definition) is 2. The van der Waals surface area contributed by atoms with Crippen molar-refractivity contribution in [3.63, 3.8) is 0 Å². The topological polar surface area (TPSA) is 95.4 Å². The van der Waals surface area contributed by atoms with Crippen LogP contribution in [0.25, 0.3) is 0 Å². The molecule has 2 N–H and O–H groups in total. The molecule has 30 heavy (non-hydrogen) atoms. The van der Waals surface area contributed by atoms with Crippen molar-refractivity contribution in [1.82, 2.24) is 4.98 Å². The van der Waals surface area contributed by atoms with Crippen molar-refractivity contribution in [1.29, 1.82) is 4.78 Å². The second-order valence-electron chi connectivity index (χ2n) is 6.82. The maximum atomic E-state index is 12.6. The molecule has 1 aromatic carbocycles. The maximum Gasteiger partial charge on any atom is 0.487 e. The van der Waals surface area contributed by atoms with Crippen molar-refractivity contribution >= 4 is 54.7 Å². The van der Waals surface area contributed by atoms with E-state index in [0.717, 1.165) is 0 Å². The standard InChI is InChI=1S/C18H18BrClF2N4O3S/c1-30(23,28)14-6-7-26(10-14)16-15(19)8-11(9-24-16)17(27)25-12-2-4-13(5-3-12)29-18(20,21)22/h2-5,8-9,14,23H,6-7,10H2,1H3,(H,25,27)/t14-,30?/m1/s1. The number of carbonyl (C=O) groups excluding carboxylic acids is 1. The summed E-state index contributed by atoms with van der Waals surface area (Å²) >= 11 is 8.13. The van der Waals surface area contributed by atoms with Crippen molar-refractivity contribution in [2.24, 2.45) is 0 Å². The van der Waals surface area contributed by atoms with Crippen molar-refractivity contribution in [3.05, 3.63) is 46.6 Å². The summed E-state index contributed by atoms with van der Waals surface area (Å²) in [5, 5.41) is 2.42. The molecule has 1 aromatic heterocycles. The van der Waals surface area contributed by atoms with Crippen LogP contribution < -0.4 is 15.0 Å². The molecule has 1 aliphatic heterocycles. The van der Waals surface area contributed by atoms with E-state index in [2.05, 4.69) is 31.0 Å². The minimum Gasteiger partial charge on any atom is -0.420 e. The fourth-order valence-electron chi connectivity index (χ4n) is 3.02. The number of halogens is 4. The van der Waals surface area contributed by atoms with Crippen molar-refractivity contribution in [2.45, 2.75) is 17.2 Å². The second kappa shape index (κ2) is 8.64. The largest absolute Gasteiger partial charge is 0.487 e. The summed E-state index contributed by atoms with van der Waals surface area (Å²) in [6.45, 7) is 1.09. The molecule has 2 aromatic rings. The van der Waals surface area contributed by atoms with Gasteiger partial charge in [0.2, 0.25) is 0 Å². The Morgan fingerprint density at radius 1 is 1.43 bits per heavy atom. The molecule has 1 fully saturated rings. The molecule has 0 radical (unpaired) electrons. The van der Waals surface area contributed by atoms with Crippen LogP contribution in [-0.4, -0.2) is 45.3 Å². The van der Waals surface area contributed by atoms with Crippen LogP contribution in [0.5, 0.6) is 5.75 Å². The molecule has 2 atom stereocenters. The van der Waals surface area contributed by atoms with E-state index < -0.39 is 21.2 Å². The fourth-order valence-corrected chi connectivity index (χ4v) is 4.73. The van der Waals surface area contributed by atoms with Gasteiger partial charge in [-0.15, -0.1) is 8.78 Å². The molecule has 7 nitrogen and oxygen atoms in total. The molecule has 1 amide bonds. The lowest BCUT2D eigenvalue weighted by atomic mass is 10.2. The molecule has 0 aliphatic carbocycles. The molecule has 1 unspecified atom stereocenters. The van der Waals surface area contributed by atoms with E-state index in [1.165, 1.54) is 36.7 Å². The minimum absolute atomic E-state index is 0.144. The minimum atomic E-state index is -3.81. The van der Waals surface area contributed by atoms with Gasteiger partial charge in [0.25, 0.3) is 5.91 Å². The number of amides is 1. The third kappa shape index (κ3) is 5.79. The van der Waals surface area contributed by atoms with Crippen molar-refractivity contribution in [2.75, 3.05) is 29.6 Å². The number of benzene rings is 1. The van der Waals surface area contributed by atoms with Gasteiger partial charge < -0.3 is 15.0 Å². The predicted molar refractivity (Wildman–Crippen MR) is 115 cm³/mol. The number of anilines is 2. The number of rotatable bonds is 6. The number of alkyl halides is 3. The SMILES string of the molecule is CS(=N)(=O)[C@@H]1CCN(c2ncc(C(=O)Nc3ccc(OC(F)(F)Cl)cc3)cc2Br)C1. The summed E-state index contributed by atoms with van der Waals surface area (Å²) in [6.07, 6.45) is 3.50. The zero-order chi connectivity index (χ0) is 22.1. The monoisotopic (exact) mass is 522 g/mol. The Morgan fingerprint density at radius 2 is 2.10 bits per heavy atom. The van der Waals surface area contributed by atoms with E-state index >= 15 is 0 Å². The number of aromatic nitrogens is 1. The highest BCUT2D eigenvalue weighted by Crippen LogP contribution is 2.30. The number of nitrogens with one attached hydrogen (secondary N) is 2. The average molecular weight is 524 g/mol. The van der Waals surface area contributed by atoms with Gasteiger partial charge in [-0.3, -0.25) is 9.57 Å². The number of ether oxygens (including phenoxy) is 1. The highest BCUT2D eigenvalue weighted by atomic mass is 79.9. The van der Waals surface area contributed by atoms with Gasteiger partial charge in [0.1, 0.15) is 11.6 Å². The van der Waals surface area contributed by atoms with Crippen LogP contribution in [0.3, 0.4) is 0 Å². The lowest BCUT2D eigenvalue weighted by Gasteiger charge is -2.19. The van der Waals surface area contributed by atoms with Crippen LogP contribution in [0.15, 0.2) is 41.0 Å². The third-order valence-electron chi connectivity index (χ3n) is 4.51. The van der Waals surface area contributed by atoms with Crippen LogP contribution >= 0.6 is 27.5 Å². The van der Waals surface area contributed by atoms with Gasteiger partial charge in [-0.2, -0.15) is 0 Å². The zero-order valence-electron chi connectivity index (χ0n) is 15.7. The van der Waals surface area contributed by atoms with Gasteiger partial charge in [-0.05, 0) is 52.7 Å². The normalized spacial score (nSPS) is 18.7. The molecule has 0 bridgehead atoms. The van der Waals surface area contributed by atoms with Crippen LogP contribution in [0, 0.1) is 4.78 Å². The van der Waals surface area contributed by atoms with Crippen molar-refractivity contribution in [3.8, 4) is 5.75 Å². The highest BCUT2D eigenvalue weighted by molar-refractivity contribution is 9.10. The average Bonchev–Trinajstić information content (AvgIpc) is 3.12. The smallest absolute Gasteiger partial charge is 0.420 e. The number of pyridine rings is 1. The van der Waals surface area contributed by atoms with Crippen molar-refractivity contribution < 1.29 is 22.5 Å². The van der Waals surface area contributed by atoms with Gasteiger partial charge >= 0.3 is 5.57 Å². The van der Waals surface area contributed by atoms with Gasteiger partial charge in [0.05, 0.1) is 15.3 Å². The van der Waals surface area contributed by atoms with Gasteiger partial charge in [-0.25, -0.2) is 9.19 Å². The Hall–Kier alpha value is -1.98. The van der Waals surface area contributed by atoms with E-state index in [1.54, 1.807) is 6.07 Å². The molecule has 1 aliphatic rings. The van der Waals surface area contributed by atoms with Crippen LogP contribution in [0.2, 0.25) is 0 Å². The summed E-state index contributed by atoms with van der Waals surface area (Å²) in [4.78, 5) is 18.7. The van der Waals surface area contributed by atoms with Crippen LogP contribution in [0.1, 0.15) is 16.8 Å². The second-order valence-corrected chi connectivity index (χ2v) is 10.6.